The summed E-state index contributed by atoms with van der Waals surface area (Å²) in [6, 6.07) is 10.2. The van der Waals surface area contributed by atoms with Gasteiger partial charge in [-0.2, -0.15) is 13.2 Å². The Morgan fingerprint density at radius 2 is 2.04 bits per heavy atom. The van der Waals surface area contributed by atoms with E-state index < -0.39 is 17.0 Å². The first-order valence-corrected chi connectivity index (χ1v) is 8.70. The average molecular weight is 382 g/mol. The van der Waals surface area contributed by atoms with Crippen molar-refractivity contribution in [3.8, 4) is 5.75 Å². The summed E-state index contributed by atoms with van der Waals surface area (Å²) < 4.78 is 43.7. The predicted molar refractivity (Wildman–Crippen MR) is 96.0 cm³/mol. The zero-order valence-corrected chi connectivity index (χ0v) is 14.9. The van der Waals surface area contributed by atoms with Crippen LogP contribution in [0.25, 0.3) is 0 Å². The lowest BCUT2D eigenvalue weighted by atomic mass is 10.2. The summed E-state index contributed by atoms with van der Waals surface area (Å²) in [5.74, 6) is 0.346. The van der Waals surface area contributed by atoms with E-state index in [1.165, 1.54) is 23.9 Å². The number of nitrogens with one attached hydrogen (secondary N) is 1. The van der Waals surface area contributed by atoms with Crippen LogP contribution in [-0.4, -0.2) is 31.9 Å². The molecule has 1 N–H and O–H groups in total. The van der Waals surface area contributed by atoms with Gasteiger partial charge in [0.05, 0.1) is 18.4 Å². The molecule has 1 amide bonds. The van der Waals surface area contributed by atoms with Crippen LogP contribution in [0.2, 0.25) is 0 Å². The number of methoxy groups -OCH3 is 1. The third-order valence-corrected chi connectivity index (χ3v) is 5.27. The monoisotopic (exact) mass is 382 g/mol. The number of amides is 1. The largest absolute Gasteiger partial charge is 0.497 e. The van der Waals surface area contributed by atoms with Crippen LogP contribution in [0.5, 0.6) is 5.75 Å². The molecule has 1 aliphatic heterocycles. The molecule has 0 bridgehead atoms. The van der Waals surface area contributed by atoms with E-state index in [2.05, 4.69) is 5.32 Å². The van der Waals surface area contributed by atoms with Crippen LogP contribution in [0.1, 0.15) is 5.56 Å². The number of alkyl halides is 3. The maximum absolute atomic E-state index is 12.8. The molecule has 0 saturated heterocycles. The molecule has 3 rings (SSSR count). The Labute approximate surface area is 153 Å². The van der Waals surface area contributed by atoms with Gasteiger partial charge in [-0.15, -0.1) is 11.8 Å². The van der Waals surface area contributed by atoms with Crippen molar-refractivity contribution in [2.24, 2.45) is 0 Å². The Morgan fingerprint density at radius 3 is 2.73 bits per heavy atom. The molecule has 0 fully saturated rings. The fourth-order valence-electron chi connectivity index (χ4n) is 2.70. The van der Waals surface area contributed by atoms with E-state index in [0.29, 0.717) is 12.3 Å². The standard InChI is InChI=1S/C18H17F3N2O2S/c1-23-10-16(26-15-9-13(25-2)6-7-14(15)23)17(24)22-12-5-3-4-11(8-12)18(19,20)21/h3-9,16H,10H2,1-2H3,(H,22,24). The molecule has 1 unspecified atom stereocenters. The molecule has 0 spiro atoms. The smallest absolute Gasteiger partial charge is 0.416 e. The highest BCUT2D eigenvalue weighted by Gasteiger charge is 2.32. The summed E-state index contributed by atoms with van der Waals surface area (Å²) in [6.45, 7) is 0.453. The fourth-order valence-corrected chi connectivity index (χ4v) is 4.00. The highest BCUT2D eigenvalue weighted by Crippen LogP contribution is 2.40. The van der Waals surface area contributed by atoms with E-state index in [0.717, 1.165) is 22.7 Å². The molecule has 1 heterocycles. The maximum Gasteiger partial charge on any atom is 0.416 e. The van der Waals surface area contributed by atoms with Gasteiger partial charge in [0.1, 0.15) is 11.0 Å². The molecule has 4 nitrogen and oxygen atoms in total. The SMILES string of the molecule is COc1ccc2c(c1)SC(C(=O)Nc1cccc(C(F)(F)F)c1)CN2C. The molecule has 0 radical (unpaired) electrons. The van der Waals surface area contributed by atoms with Crippen LogP contribution in [0, 0.1) is 0 Å². The molecular weight excluding hydrogens is 365 g/mol. The minimum Gasteiger partial charge on any atom is -0.497 e. The van der Waals surface area contributed by atoms with Gasteiger partial charge >= 0.3 is 6.18 Å². The van der Waals surface area contributed by atoms with E-state index in [4.69, 9.17) is 4.74 Å². The first-order chi connectivity index (χ1) is 12.3. The van der Waals surface area contributed by atoms with Crippen LogP contribution in [0.4, 0.5) is 24.5 Å². The normalized spacial score (nSPS) is 16.8. The van der Waals surface area contributed by atoms with Gasteiger partial charge in [-0.25, -0.2) is 0 Å². The highest BCUT2D eigenvalue weighted by atomic mass is 32.2. The van der Waals surface area contributed by atoms with Gasteiger partial charge in [0.15, 0.2) is 0 Å². The third kappa shape index (κ3) is 3.90. The van der Waals surface area contributed by atoms with Crippen LogP contribution >= 0.6 is 11.8 Å². The first kappa shape index (κ1) is 18.4. The number of hydrogen-bond donors (Lipinski definition) is 1. The van der Waals surface area contributed by atoms with Crippen molar-refractivity contribution in [3.63, 3.8) is 0 Å². The van der Waals surface area contributed by atoms with E-state index in [1.807, 2.05) is 30.1 Å². The Kier molecular flexibility index (Phi) is 5.04. The van der Waals surface area contributed by atoms with Crippen molar-refractivity contribution in [1.82, 2.24) is 0 Å². The van der Waals surface area contributed by atoms with Gasteiger partial charge in [0.25, 0.3) is 0 Å². The van der Waals surface area contributed by atoms with Crippen LogP contribution in [0.3, 0.4) is 0 Å². The minimum absolute atomic E-state index is 0.129. The van der Waals surface area contributed by atoms with Crippen molar-refractivity contribution >= 4 is 29.0 Å². The number of nitrogens with zero attached hydrogens (tertiary/aromatic N) is 1. The second-order valence-corrected chi connectivity index (χ2v) is 7.13. The maximum atomic E-state index is 12.8. The molecule has 1 atom stereocenters. The van der Waals surface area contributed by atoms with E-state index in [9.17, 15) is 18.0 Å². The average Bonchev–Trinajstić information content (AvgIpc) is 2.60. The second-order valence-electron chi connectivity index (χ2n) is 5.89. The quantitative estimate of drug-likeness (QED) is 0.861. The Bertz CT molecular complexity index is 826. The van der Waals surface area contributed by atoms with Crippen molar-refractivity contribution in [2.75, 3.05) is 30.9 Å². The number of fused-ring (bicyclic) bond motifs is 1. The highest BCUT2D eigenvalue weighted by molar-refractivity contribution is 8.01. The number of benzene rings is 2. The summed E-state index contributed by atoms with van der Waals surface area (Å²) in [6.07, 6.45) is -4.45. The second kappa shape index (κ2) is 7.11. The molecular formula is C18H17F3N2O2S. The topological polar surface area (TPSA) is 41.6 Å². The molecule has 1 aliphatic rings. The molecule has 0 aliphatic carbocycles. The van der Waals surface area contributed by atoms with Crippen LogP contribution < -0.4 is 15.0 Å². The van der Waals surface area contributed by atoms with Crippen LogP contribution in [-0.2, 0) is 11.0 Å². The zero-order chi connectivity index (χ0) is 18.9. The lowest BCUT2D eigenvalue weighted by Gasteiger charge is -2.32. The number of thioether (sulfide) groups is 1. The third-order valence-electron chi connectivity index (χ3n) is 4.04. The van der Waals surface area contributed by atoms with Crippen molar-refractivity contribution in [2.45, 2.75) is 16.3 Å². The van der Waals surface area contributed by atoms with Gasteiger partial charge in [-0.1, -0.05) is 6.07 Å². The van der Waals surface area contributed by atoms with E-state index >= 15 is 0 Å². The van der Waals surface area contributed by atoms with Gasteiger partial charge in [0, 0.05) is 24.2 Å². The Morgan fingerprint density at radius 1 is 1.27 bits per heavy atom. The summed E-state index contributed by atoms with van der Waals surface area (Å²) >= 11 is 1.37. The lowest BCUT2D eigenvalue weighted by Crippen LogP contribution is -2.39. The van der Waals surface area contributed by atoms with Gasteiger partial charge in [-0.05, 0) is 36.4 Å². The van der Waals surface area contributed by atoms with E-state index in [-0.39, 0.29) is 11.6 Å². The molecule has 0 aromatic heterocycles. The number of halogens is 3. The number of rotatable bonds is 3. The van der Waals surface area contributed by atoms with Gasteiger partial charge < -0.3 is 15.0 Å². The predicted octanol–water partition coefficient (Wildman–Crippen LogP) is 4.26. The summed E-state index contributed by atoms with van der Waals surface area (Å²) in [5, 5.41) is 2.14. The fraction of sp³-hybridized carbons (Fsp3) is 0.278. The van der Waals surface area contributed by atoms with Crippen molar-refractivity contribution in [3.05, 3.63) is 48.0 Å². The Hall–Kier alpha value is -2.35. The zero-order valence-electron chi connectivity index (χ0n) is 14.1. The summed E-state index contributed by atoms with van der Waals surface area (Å²) in [4.78, 5) is 15.4. The molecule has 0 saturated carbocycles. The molecule has 2 aromatic rings. The lowest BCUT2D eigenvalue weighted by molar-refractivity contribution is -0.137. The molecule has 26 heavy (non-hydrogen) atoms. The number of anilines is 2. The number of ether oxygens (including phenoxy) is 1. The van der Waals surface area contributed by atoms with Gasteiger partial charge in [0.2, 0.25) is 5.91 Å². The molecule has 8 heteroatoms. The van der Waals surface area contributed by atoms with Crippen molar-refractivity contribution < 1.29 is 22.7 Å². The first-order valence-electron chi connectivity index (χ1n) is 7.82. The Balaban J connectivity index is 1.77. The molecule has 2 aromatic carbocycles. The van der Waals surface area contributed by atoms with E-state index in [1.54, 1.807) is 7.11 Å². The van der Waals surface area contributed by atoms with Crippen LogP contribution in [0.15, 0.2) is 47.4 Å². The number of carbonyl (C=O) groups is 1. The molecule has 138 valence electrons. The number of carbonyl (C=O) groups excluding carboxylic acids is 1. The minimum atomic E-state index is -4.45. The summed E-state index contributed by atoms with van der Waals surface area (Å²) in [7, 11) is 3.44. The summed E-state index contributed by atoms with van der Waals surface area (Å²) in [5.41, 5.74) is 0.322. The number of hydrogen-bond acceptors (Lipinski definition) is 4. The van der Waals surface area contributed by atoms with Gasteiger partial charge in [-0.3, -0.25) is 4.79 Å². The van der Waals surface area contributed by atoms with Crippen molar-refractivity contribution in [1.29, 1.82) is 0 Å².